The number of halogens is 1. The molecule has 3 aliphatic heterocycles. The van der Waals surface area contributed by atoms with Crippen molar-refractivity contribution in [2.75, 3.05) is 40.0 Å². The van der Waals surface area contributed by atoms with Crippen LogP contribution in [0.2, 0.25) is 0 Å². The van der Waals surface area contributed by atoms with Crippen molar-refractivity contribution in [2.24, 2.45) is 34.4 Å². The summed E-state index contributed by atoms with van der Waals surface area (Å²) in [5, 5.41) is 57.4. The van der Waals surface area contributed by atoms with E-state index in [2.05, 4.69) is 5.32 Å². The lowest BCUT2D eigenvalue weighted by Crippen LogP contribution is -2.62. The molecule has 48 heavy (non-hydrogen) atoms. The lowest BCUT2D eigenvalue weighted by molar-refractivity contribution is -0.278. The van der Waals surface area contributed by atoms with Crippen molar-refractivity contribution in [3.8, 4) is 0 Å². The molecule has 19 nitrogen and oxygen atoms in total. The molecular weight excluding hydrogens is 645 g/mol. The number of rotatable bonds is 11. The maximum Gasteiger partial charge on any atom is 0.252 e. The number of alkyl halides is 1. The number of nitrogens with one attached hydrogen (secondary N) is 1. The summed E-state index contributed by atoms with van der Waals surface area (Å²) >= 11 is 0. The quantitative estimate of drug-likeness (QED) is 0.0950. The third-order valence-electron chi connectivity index (χ3n) is 8.67. The minimum atomic E-state index is -1.90. The first-order valence-corrected chi connectivity index (χ1v) is 16.2. The topological polar surface area (TPSA) is 353 Å². The predicted octanol–water partition coefficient (Wildman–Crippen LogP) is -6.72. The van der Waals surface area contributed by atoms with Crippen molar-refractivity contribution in [3.63, 3.8) is 0 Å². The van der Waals surface area contributed by atoms with Crippen molar-refractivity contribution in [1.82, 2.24) is 5.32 Å². The Kier molecular flexibility index (Phi) is 18.9. The fourth-order valence-corrected chi connectivity index (χ4v) is 5.89. The molecule has 19 N–H and O–H groups in total. The van der Waals surface area contributed by atoms with Gasteiger partial charge in [-0.3, -0.25) is 4.79 Å². The Morgan fingerprint density at radius 2 is 1.58 bits per heavy atom. The monoisotopic (exact) mass is 703 g/mol. The van der Waals surface area contributed by atoms with Crippen LogP contribution < -0.4 is 39.7 Å². The van der Waals surface area contributed by atoms with Gasteiger partial charge in [0.15, 0.2) is 18.7 Å². The minimum absolute atomic E-state index is 0.0810. The zero-order valence-electron chi connectivity index (χ0n) is 27.3. The normalized spacial score (nSPS) is 41.2. The predicted molar refractivity (Wildman–Crippen MR) is 167 cm³/mol. The number of ether oxygens (including phenoxy) is 5. The first-order valence-electron chi connectivity index (χ1n) is 16.2. The van der Waals surface area contributed by atoms with Crippen LogP contribution in [0.25, 0.3) is 0 Å². The standard InChI is InChI=1S/C21H40FN5O8.C6H14N2O3.CH4O/c22-11(6-23)18(30)20(31)27-9-3-12(25)19(15(4-9)33-17-2-1-10(8-28)32-17)35-21-13(26)5-14(29)16(7-24)34-21;7-1-4-6(10)5(9)3(8)2-11-4;1-2/h9-19,21,28-30H,1-8,23-26H2,(H,27,31);3-6,9-10H,1-2,7-8H2;2H,1H3/t9?,10?,11?,12?,13-,14?,15?,16?,17?,18?,19-,21-;3-,4-,5?,6+;/m10./s1. The van der Waals surface area contributed by atoms with Crippen molar-refractivity contribution < 1.29 is 63.5 Å². The summed E-state index contributed by atoms with van der Waals surface area (Å²) in [5.74, 6) is -0.895. The number of aliphatic hydroxyl groups excluding tert-OH is 6. The highest BCUT2D eigenvalue weighted by Crippen LogP contribution is 2.32. The van der Waals surface area contributed by atoms with Crippen molar-refractivity contribution in [2.45, 2.75) is 130 Å². The van der Waals surface area contributed by atoms with Gasteiger partial charge in [0.1, 0.15) is 18.4 Å². The van der Waals surface area contributed by atoms with E-state index in [1.807, 2.05) is 0 Å². The van der Waals surface area contributed by atoms with E-state index in [4.69, 9.17) is 63.2 Å². The number of carbonyl (C=O) groups is 1. The second-order valence-corrected chi connectivity index (χ2v) is 12.3. The average molecular weight is 704 g/mol. The highest BCUT2D eigenvalue weighted by molar-refractivity contribution is 5.81. The van der Waals surface area contributed by atoms with Crippen LogP contribution in [0.1, 0.15) is 32.1 Å². The summed E-state index contributed by atoms with van der Waals surface area (Å²) in [5.41, 5.74) is 34.1. The second kappa shape index (κ2) is 21.2. The van der Waals surface area contributed by atoms with E-state index in [-0.39, 0.29) is 51.7 Å². The van der Waals surface area contributed by atoms with Crippen LogP contribution in [0.4, 0.5) is 4.39 Å². The zero-order valence-corrected chi connectivity index (χ0v) is 27.3. The van der Waals surface area contributed by atoms with Crippen molar-refractivity contribution in [1.29, 1.82) is 0 Å². The molecule has 0 spiro atoms. The van der Waals surface area contributed by atoms with E-state index in [0.717, 1.165) is 7.11 Å². The Balaban J connectivity index is 0.000000517. The zero-order chi connectivity index (χ0) is 36.1. The Morgan fingerprint density at radius 3 is 2.17 bits per heavy atom. The van der Waals surface area contributed by atoms with Crippen LogP contribution in [0, 0.1) is 0 Å². The third-order valence-corrected chi connectivity index (χ3v) is 8.67. The van der Waals surface area contributed by atoms with Gasteiger partial charge < -0.3 is 94.0 Å². The molecule has 1 saturated carbocycles. The summed E-state index contributed by atoms with van der Waals surface area (Å²) in [6.45, 7) is -0.103. The Bertz CT molecular complexity index is 923. The Hall–Kier alpha value is -1.28. The van der Waals surface area contributed by atoms with Crippen LogP contribution in [0.3, 0.4) is 0 Å². The van der Waals surface area contributed by atoms with E-state index in [1.165, 1.54) is 0 Å². The van der Waals surface area contributed by atoms with Gasteiger partial charge in [-0.05, 0) is 25.7 Å². The van der Waals surface area contributed by atoms with Gasteiger partial charge in [0.2, 0.25) is 0 Å². The lowest BCUT2D eigenvalue weighted by atomic mass is 9.86. The average Bonchev–Trinajstić information content (AvgIpc) is 3.54. The van der Waals surface area contributed by atoms with Gasteiger partial charge in [-0.15, -0.1) is 0 Å². The van der Waals surface area contributed by atoms with E-state index < -0.39 is 104 Å². The lowest BCUT2D eigenvalue weighted by Gasteiger charge is -2.45. The maximum atomic E-state index is 13.7. The van der Waals surface area contributed by atoms with Gasteiger partial charge >= 0.3 is 0 Å². The molecule has 16 atom stereocenters. The number of aliphatic hydroxyl groups is 6. The Morgan fingerprint density at radius 1 is 0.917 bits per heavy atom. The van der Waals surface area contributed by atoms with Gasteiger partial charge in [-0.25, -0.2) is 4.39 Å². The molecule has 3 heterocycles. The molecule has 1 amide bonds. The minimum Gasteiger partial charge on any atom is -0.400 e. The van der Waals surface area contributed by atoms with E-state index in [0.29, 0.717) is 12.8 Å². The maximum absolute atomic E-state index is 13.7. The number of nitrogens with two attached hydrogens (primary N) is 6. The molecule has 284 valence electrons. The van der Waals surface area contributed by atoms with Crippen LogP contribution in [0.15, 0.2) is 0 Å². The summed E-state index contributed by atoms with van der Waals surface area (Å²) in [6, 6.07) is -2.34. The first kappa shape index (κ1) is 42.9. The third kappa shape index (κ3) is 11.9. The van der Waals surface area contributed by atoms with Crippen molar-refractivity contribution >= 4 is 5.91 Å². The summed E-state index contributed by atoms with van der Waals surface area (Å²) in [4.78, 5) is 12.3. The molecular formula is C28H58FN7O12. The molecule has 0 aromatic heterocycles. The van der Waals surface area contributed by atoms with Gasteiger partial charge in [-0.2, -0.15) is 0 Å². The Labute approximate surface area is 279 Å². The fourth-order valence-electron chi connectivity index (χ4n) is 5.89. The smallest absolute Gasteiger partial charge is 0.252 e. The molecule has 1 aliphatic carbocycles. The molecule has 4 rings (SSSR count). The van der Waals surface area contributed by atoms with Gasteiger partial charge in [0.25, 0.3) is 5.91 Å². The molecule has 4 aliphatic rings. The molecule has 0 aromatic rings. The van der Waals surface area contributed by atoms with Gasteiger partial charge in [0.05, 0.1) is 61.9 Å². The summed E-state index contributed by atoms with van der Waals surface area (Å²) < 4.78 is 42.5. The molecule has 0 bridgehead atoms. The highest BCUT2D eigenvalue weighted by atomic mass is 19.1. The number of hydrogen-bond acceptors (Lipinski definition) is 18. The molecule has 3 saturated heterocycles. The van der Waals surface area contributed by atoms with Gasteiger partial charge in [-0.1, -0.05) is 0 Å². The van der Waals surface area contributed by atoms with E-state index in [9.17, 15) is 34.7 Å². The molecule has 0 radical (unpaired) electrons. The van der Waals surface area contributed by atoms with Crippen LogP contribution >= 0.6 is 0 Å². The largest absolute Gasteiger partial charge is 0.400 e. The number of carbonyl (C=O) groups excluding carboxylic acids is 1. The first-order chi connectivity index (χ1) is 22.8. The highest BCUT2D eigenvalue weighted by Gasteiger charge is 2.45. The molecule has 10 unspecified atom stereocenters. The van der Waals surface area contributed by atoms with Crippen molar-refractivity contribution in [3.05, 3.63) is 0 Å². The molecule has 20 heteroatoms. The summed E-state index contributed by atoms with van der Waals surface area (Å²) in [6.07, 6.45) is -9.02. The SMILES string of the molecule is CO.NCC(F)C(O)C(=O)NC1CC(N)[C@@H](O[C@H]2OC(CN)C(O)C[C@H]2N)C(OC2CCC(CO)O2)C1.NC[C@@H]1OC[C@H](N)C(O)[C@@H]1O. The molecule has 4 fully saturated rings. The van der Waals surface area contributed by atoms with Crippen LogP contribution in [-0.4, -0.2) is 174 Å². The van der Waals surface area contributed by atoms with E-state index in [1.54, 1.807) is 0 Å². The second-order valence-electron chi connectivity index (χ2n) is 12.3. The molecule has 0 aromatic carbocycles. The van der Waals surface area contributed by atoms with Crippen LogP contribution in [0.5, 0.6) is 0 Å². The number of amides is 1. The summed E-state index contributed by atoms with van der Waals surface area (Å²) in [7, 11) is 1.00. The van der Waals surface area contributed by atoms with Crippen LogP contribution in [-0.2, 0) is 28.5 Å². The number of hydrogen-bond donors (Lipinski definition) is 13. The van der Waals surface area contributed by atoms with Gasteiger partial charge in [0, 0.05) is 45.2 Å². The fraction of sp³-hybridized carbons (Fsp3) is 0.964. The van der Waals surface area contributed by atoms with E-state index >= 15 is 0 Å².